The lowest BCUT2D eigenvalue weighted by Gasteiger charge is -2.07. The molecule has 0 amide bonds. The summed E-state index contributed by atoms with van der Waals surface area (Å²) in [5, 5.41) is 9.41. The van der Waals surface area contributed by atoms with Gasteiger partial charge in [-0.2, -0.15) is 10.2 Å². The average molecular weight is 300 g/mol. The first kappa shape index (κ1) is 13.3. The third-order valence-electron chi connectivity index (χ3n) is 2.77. The first-order valence-electron chi connectivity index (χ1n) is 5.98. The zero-order valence-corrected chi connectivity index (χ0v) is 11.7. The third-order valence-corrected chi connectivity index (χ3v) is 3.71. The molecule has 0 radical (unpaired) electrons. The van der Waals surface area contributed by atoms with Crippen molar-refractivity contribution in [3.8, 4) is 17.7 Å². The zero-order valence-electron chi connectivity index (χ0n) is 10.9. The zero-order chi connectivity index (χ0) is 15.0. The second-order valence-corrected chi connectivity index (χ2v) is 5.56. The van der Waals surface area contributed by atoms with Crippen LogP contribution in [0.4, 0.5) is 10.3 Å². The van der Waals surface area contributed by atoms with Gasteiger partial charge in [-0.1, -0.05) is 0 Å². The van der Waals surface area contributed by atoms with Gasteiger partial charge in [0, 0.05) is 4.88 Å². The Hall–Kier alpha value is -2.72. The van der Waals surface area contributed by atoms with Crippen molar-refractivity contribution in [3.05, 3.63) is 40.5 Å². The highest BCUT2D eigenvalue weighted by Gasteiger charge is 2.13. The molecule has 0 atom stereocenters. The smallest absolute Gasteiger partial charge is 0.233 e. The molecule has 0 aliphatic rings. The van der Waals surface area contributed by atoms with Gasteiger partial charge >= 0.3 is 0 Å². The van der Waals surface area contributed by atoms with Crippen LogP contribution in [0.2, 0.25) is 0 Å². The van der Waals surface area contributed by atoms with Crippen molar-refractivity contribution in [1.29, 1.82) is 5.26 Å². The summed E-state index contributed by atoms with van der Waals surface area (Å²) in [6.07, 6.45) is 0. The number of hydrogen-bond acceptors (Lipinski definition) is 6. The van der Waals surface area contributed by atoms with Crippen LogP contribution in [-0.4, -0.2) is 9.97 Å². The Kier molecular flexibility index (Phi) is 3.16. The second kappa shape index (κ2) is 5.00. The lowest BCUT2D eigenvalue weighted by molar-refractivity contribution is 0.432. The molecule has 0 bridgehead atoms. The number of hydrogen-bond donors (Lipinski definition) is 1. The van der Waals surface area contributed by atoms with E-state index in [1.807, 2.05) is 19.1 Å². The fraction of sp³-hybridized carbons (Fsp3) is 0.0714. The monoisotopic (exact) mass is 300 g/mol. The summed E-state index contributed by atoms with van der Waals surface area (Å²) in [5.41, 5.74) is 5.86. The van der Waals surface area contributed by atoms with Gasteiger partial charge in [0.05, 0.1) is 17.0 Å². The fourth-order valence-corrected chi connectivity index (χ4v) is 2.74. The fourth-order valence-electron chi connectivity index (χ4n) is 1.87. The maximum atomic E-state index is 13.9. The maximum Gasteiger partial charge on any atom is 0.233 e. The molecule has 5 nitrogen and oxygen atoms in total. The Morgan fingerprint density at radius 3 is 2.86 bits per heavy atom. The molecule has 0 unspecified atom stereocenters. The van der Waals surface area contributed by atoms with Gasteiger partial charge in [0.25, 0.3) is 0 Å². The van der Waals surface area contributed by atoms with Crippen LogP contribution >= 0.6 is 11.3 Å². The summed E-state index contributed by atoms with van der Waals surface area (Å²) in [4.78, 5) is 9.84. The molecule has 0 spiro atoms. The Bertz CT molecular complexity index is 885. The molecule has 3 aromatic rings. The number of nitrogen functional groups attached to an aromatic ring is 1. The summed E-state index contributed by atoms with van der Waals surface area (Å²) >= 11 is 1.45. The van der Waals surface area contributed by atoms with Gasteiger partial charge in [-0.25, -0.2) is 9.37 Å². The molecule has 0 saturated carbocycles. The number of aryl methyl sites for hydroxylation is 1. The number of benzene rings is 1. The predicted octanol–water partition coefficient (Wildman–Crippen LogP) is 3.39. The topological polar surface area (TPSA) is 84.8 Å². The van der Waals surface area contributed by atoms with E-state index in [2.05, 4.69) is 9.97 Å². The number of rotatable bonds is 2. The van der Waals surface area contributed by atoms with Gasteiger partial charge in [-0.15, -0.1) is 11.3 Å². The first-order valence-corrected chi connectivity index (χ1v) is 6.79. The van der Waals surface area contributed by atoms with Crippen LogP contribution in [0.5, 0.6) is 11.6 Å². The number of halogens is 1. The molecule has 1 aromatic carbocycles. The van der Waals surface area contributed by atoms with E-state index < -0.39 is 5.82 Å². The Labute approximate surface area is 123 Å². The standard InChI is InChI=1S/C14H9FN4OS/c1-7-4-9-12(18-14(17)19-13(9)21-7)20-11-3-2-8(6-16)5-10(11)15/h2-5H,1H3,(H2,17,18,19). The van der Waals surface area contributed by atoms with E-state index in [1.165, 1.54) is 23.5 Å². The molecule has 21 heavy (non-hydrogen) atoms. The molecule has 2 heterocycles. The Morgan fingerprint density at radius 1 is 1.33 bits per heavy atom. The van der Waals surface area contributed by atoms with E-state index in [1.54, 1.807) is 0 Å². The van der Waals surface area contributed by atoms with Crippen molar-refractivity contribution in [2.45, 2.75) is 6.92 Å². The molecular weight excluding hydrogens is 291 g/mol. The average Bonchev–Trinajstić information content (AvgIpc) is 2.81. The minimum Gasteiger partial charge on any atom is -0.435 e. The number of nitriles is 1. The van der Waals surface area contributed by atoms with Crippen molar-refractivity contribution in [3.63, 3.8) is 0 Å². The molecular formula is C14H9FN4OS. The molecule has 0 fully saturated rings. The number of aromatic nitrogens is 2. The molecule has 2 aromatic heterocycles. The van der Waals surface area contributed by atoms with Crippen molar-refractivity contribution in [2.75, 3.05) is 5.73 Å². The van der Waals surface area contributed by atoms with Crippen LogP contribution in [0.1, 0.15) is 10.4 Å². The van der Waals surface area contributed by atoms with Crippen molar-refractivity contribution >= 4 is 27.5 Å². The second-order valence-electron chi connectivity index (χ2n) is 4.32. The molecule has 7 heteroatoms. The van der Waals surface area contributed by atoms with Crippen LogP contribution in [0, 0.1) is 24.1 Å². The number of ether oxygens (including phenoxy) is 1. The Balaban J connectivity index is 2.08. The Morgan fingerprint density at radius 2 is 2.14 bits per heavy atom. The maximum absolute atomic E-state index is 13.9. The van der Waals surface area contributed by atoms with E-state index in [4.69, 9.17) is 15.7 Å². The quantitative estimate of drug-likeness (QED) is 0.784. The van der Waals surface area contributed by atoms with Gasteiger partial charge in [0.2, 0.25) is 11.8 Å². The van der Waals surface area contributed by atoms with E-state index >= 15 is 0 Å². The van der Waals surface area contributed by atoms with E-state index in [0.29, 0.717) is 10.2 Å². The van der Waals surface area contributed by atoms with Crippen LogP contribution in [0.25, 0.3) is 10.2 Å². The van der Waals surface area contributed by atoms with Gasteiger partial charge in [-0.3, -0.25) is 0 Å². The first-order chi connectivity index (χ1) is 10.1. The minimum atomic E-state index is -0.633. The van der Waals surface area contributed by atoms with Gasteiger partial charge < -0.3 is 10.5 Å². The van der Waals surface area contributed by atoms with E-state index in [-0.39, 0.29) is 23.1 Å². The summed E-state index contributed by atoms with van der Waals surface area (Å²) in [6.45, 7) is 1.93. The highest BCUT2D eigenvalue weighted by molar-refractivity contribution is 7.18. The number of nitrogens with two attached hydrogens (primary N) is 1. The normalized spacial score (nSPS) is 10.5. The summed E-state index contributed by atoms with van der Waals surface area (Å²) < 4.78 is 19.4. The summed E-state index contributed by atoms with van der Waals surface area (Å²) in [5.74, 6) is -0.387. The van der Waals surface area contributed by atoms with Crippen molar-refractivity contribution in [1.82, 2.24) is 9.97 Å². The lowest BCUT2D eigenvalue weighted by Crippen LogP contribution is -1.98. The summed E-state index contributed by atoms with van der Waals surface area (Å²) in [6, 6.07) is 7.68. The summed E-state index contributed by atoms with van der Waals surface area (Å²) in [7, 11) is 0. The molecule has 2 N–H and O–H groups in total. The highest BCUT2D eigenvalue weighted by atomic mass is 32.1. The molecule has 0 aliphatic carbocycles. The minimum absolute atomic E-state index is 0.0164. The SMILES string of the molecule is Cc1cc2c(Oc3ccc(C#N)cc3F)nc(N)nc2s1. The molecule has 0 aliphatic heterocycles. The van der Waals surface area contributed by atoms with Crippen LogP contribution in [0.15, 0.2) is 24.3 Å². The molecule has 0 saturated heterocycles. The predicted molar refractivity (Wildman–Crippen MR) is 77.8 cm³/mol. The lowest BCUT2D eigenvalue weighted by atomic mass is 10.2. The van der Waals surface area contributed by atoms with E-state index in [0.717, 1.165) is 10.9 Å². The third kappa shape index (κ3) is 2.49. The van der Waals surface area contributed by atoms with Crippen LogP contribution in [0.3, 0.4) is 0 Å². The van der Waals surface area contributed by atoms with Crippen LogP contribution in [-0.2, 0) is 0 Å². The van der Waals surface area contributed by atoms with Gasteiger partial charge in [-0.05, 0) is 31.2 Å². The number of nitrogens with zero attached hydrogens (tertiary/aromatic N) is 3. The van der Waals surface area contributed by atoms with Crippen molar-refractivity contribution in [2.24, 2.45) is 0 Å². The number of fused-ring (bicyclic) bond motifs is 1. The molecule has 104 valence electrons. The van der Waals surface area contributed by atoms with Crippen molar-refractivity contribution < 1.29 is 9.13 Å². The highest BCUT2D eigenvalue weighted by Crippen LogP contribution is 2.33. The van der Waals surface area contributed by atoms with Gasteiger partial charge in [0.15, 0.2) is 11.6 Å². The number of thiophene rings is 1. The van der Waals surface area contributed by atoms with E-state index in [9.17, 15) is 4.39 Å². The van der Waals surface area contributed by atoms with Crippen LogP contribution < -0.4 is 10.5 Å². The molecule has 3 rings (SSSR count). The van der Waals surface area contributed by atoms with Gasteiger partial charge in [0.1, 0.15) is 4.83 Å². The largest absolute Gasteiger partial charge is 0.435 e. The number of anilines is 1.